The third-order valence-corrected chi connectivity index (χ3v) is 4.73. The molecule has 1 amide bonds. The Balaban J connectivity index is 1.59. The van der Waals surface area contributed by atoms with Gasteiger partial charge < -0.3 is 4.90 Å². The van der Waals surface area contributed by atoms with Crippen molar-refractivity contribution < 1.29 is 4.79 Å². The van der Waals surface area contributed by atoms with Gasteiger partial charge in [-0.3, -0.25) is 4.79 Å². The van der Waals surface area contributed by atoms with Crippen molar-refractivity contribution in [3.63, 3.8) is 0 Å². The predicted octanol–water partition coefficient (Wildman–Crippen LogP) is 2.97. The van der Waals surface area contributed by atoms with Crippen LogP contribution in [-0.4, -0.2) is 22.3 Å². The lowest BCUT2D eigenvalue weighted by atomic mass is 9.99. The van der Waals surface area contributed by atoms with Crippen molar-refractivity contribution >= 4 is 17.2 Å². The van der Waals surface area contributed by atoms with Crippen molar-refractivity contribution in [1.29, 1.82) is 0 Å². The van der Waals surface area contributed by atoms with Crippen molar-refractivity contribution in [3.05, 3.63) is 51.5 Å². The highest BCUT2D eigenvalue weighted by atomic mass is 32.1. The smallest absolute Gasteiger partial charge is 0.223 e. The molecule has 0 saturated heterocycles. The largest absolute Gasteiger partial charge is 0.338 e. The number of fused-ring (bicyclic) bond motifs is 1. The van der Waals surface area contributed by atoms with Crippen LogP contribution in [0.15, 0.2) is 29.6 Å². The third-order valence-electron chi connectivity index (χ3n) is 3.70. The van der Waals surface area contributed by atoms with Crippen molar-refractivity contribution in [2.24, 2.45) is 0 Å². The lowest BCUT2D eigenvalue weighted by Crippen LogP contribution is -2.36. The zero-order valence-corrected chi connectivity index (χ0v) is 12.4. The molecule has 1 aliphatic rings. The second kappa shape index (κ2) is 5.75. The van der Waals surface area contributed by atoms with E-state index in [1.807, 2.05) is 23.3 Å². The summed E-state index contributed by atoms with van der Waals surface area (Å²) in [6.07, 6.45) is 2.29. The molecule has 0 fully saturated rings. The number of nitrogens with zero attached hydrogens (tertiary/aromatic N) is 2. The van der Waals surface area contributed by atoms with E-state index in [0.29, 0.717) is 6.42 Å². The predicted molar refractivity (Wildman–Crippen MR) is 80.7 cm³/mol. The lowest BCUT2D eigenvalue weighted by Gasteiger charge is -2.28. The minimum Gasteiger partial charge on any atom is -0.338 e. The third kappa shape index (κ3) is 2.90. The van der Waals surface area contributed by atoms with E-state index in [1.165, 1.54) is 11.1 Å². The number of carbonyl (C=O) groups excluding carboxylic acids is 1. The molecular formula is C16H18N2OS. The van der Waals surface area contributed by atoms with Crippen LogP contribution in [-0.2, 0) is 24.2 Å². The molecule has 3 nitrogen and oxygen atoms in total. The number of thiazole rings is 1. The highest BCUT2D eigenvalue weighted by Gasteiger charge is 2.20. The van der Waals surface area contributed by atoms with Gasteiger partial charge in [-0.25, -0.2) is 4.98 Å². The number of hydrogen-bond acceptors (Lipinski definition) is 3. The number of aryl methyl sites for hydroxylation is 2. The quantitative estimate of drug-likeness (QED) is 0.869. The molecular weight excluding hydrogens is 268 g/mol. The molecule has 0 N–H and O–H groups in total. The van der Waals surface area contributed by atoms with Gasteiger partial charge in [0.1, 0.15) is 0 Å². The maximum Gasteiger partial charge on any atom is 0.223 e. The second-order valence-corrected chi connectivity index (χ2v) is 6.16. The SMILES string of the molecule is Cc1csc(CCC(=O)N2CCc3ccccc3C2)n1. The van der Waals surface area contributed by atoms with E-state index in [0.717, 1.165) is 36.6 Å². The first-order valence-electron chi connectivity index (χ1n) is 6.98. The highest BCUT2D eigenvalue weighted by molar-refractivity contribution is 7.09. The zero-order chi connectivity index (χ0) is 13.9. The molecule has 0 bridgehead atoms. The summed E-state index contributed by atoms with van der Waals surface area (Å²) in [6, 6.07) is 8.40. The Bertz CT molecular complexity index is 620. The summed E-state index contributed by atoms with van der Waals surface area (Å²) in [5.74, 6) is 0.243. The molecule has 20 heavy (non-hydrogen) atoms. The van der Waals surface area contributed by atoms with Crippen LogP contribution in [0.3, 0.4) is 0 Å². The molecule has 3 rings (SSSR count). The first kappa shape index (κ1) is 13.3. The van der Waals surface area contributed by atoms with Gasteiger partial charge in [0.15, 0.2) is 0 Å². The molecule has 0 aliphatic carbocycles. The number of aromatic nitrogens is 1. The fourth-order valence-electron chi connectivity index (χ4n) is 2.60. The Hall–Kier alpha value is -1.68. The van der Waals surface area contributed by atoms with E-state index in [4.69, 9.17) is 0 Å². The average molecular weight is 286 g/mol. The molecule has 0 spiro atoms. The summed E-state index contributed by atoms with van der Waals surface area (Å²) < 4.78 is 0. The van der Waals surface area contributed by atoms with Crippen LogP contribution in [0, 0.1) is 6.92 Å². The molecule has 104 valence electrons. The number of rotatable bonds is 3. The molecule has 1 aliphatic heterocycles. The molecule has 0 radical (unpaired) electrons. The van der Waals surface area contributed by atoms with E-state index < -0.39 is 0 Å². The van der Waals surface area contributed by atoms with Crippen molar-refractivity contribution in [2.45, 2.75) is 32.7 Å². The Kier molecular flexibility index (Phi) is 3.83. The van der Waals surface area contributed by atoms with Gasteiger partial charge in [-0.15, -0.1) is 11.3 Å². The summed E-state index contributed by atoms with van der Waals surface area (Å²) in [4.78, 5) is 18.7. The van der Waals surface area contributed by atoms with Gasteiger partial charge in [-0.1, -0.05) is 24.3 Å². The van der Waals surface area contributed by atoms with Gasteiger partial charge in [0.05, 0.1) is 5.01 Å². The van der Waals surface area contributed by atoms with Crippen LogP contribution < -0.4 is 0 Å². The van der Waals surface area contributed by atoms with E-state index in [1.54, 1.807) is 11.3 Å². The minimum absolute atomic E-state index is 0.243. The standard InChI is InChI=1S/C16H18N2OS/c1-12-11-20-15(17-12)6-7-16(19)18-9-8-13-4-2-3-5-14(13)10-18/h2-5,11H,6-10H2,1H3. The first-order valence-corrected chi connectivity index (χ1v) is 7.86. The van der Waals surface area contributed by atoms with Gasteiger partial charge in [0.25, 0.3) is 0 Å². The van der Waals surface area contributed by atoms with Crippen LogP contribution in [0.1, 0.15) is 28.2 Å². The number of benzene rings is 1. The van der Waals surface area contributed by atoms with E-state index in [2.05, 4.69) is 23.2 Å². The molecule has 2 aromatic rings. The maximum atomic E-state index is 12.3. The van der Waals surface area contributed by atoms with E-state index >= 15 is 0 Å². The Labute approximate surface area is 123 Å². The average Bonchev–Trinajstić information content (AvgIpc) is 2.90. The van der Waals surface area contributed by atoms with Gasteiger partial charge in [-0.05, 0) is 24.5 Å². The first-order chi connectivity index (χ1) is 9.72. The topological polar surface area (TPSA) is 33.2 Å². The van der Waals surface area contributed by atoms with E-state index in [-0.39, 0.29) is 5.91 Å². The van der Waals surface area contributed by atoms with Crippen LogP contribution in [0.5, 0.6) is 0 Å². The second-order valence-electron chi connectivity index (χ2n) is 5.22. The summed E-state index contributed by atoms with van der Waals surface area (Å²) in [7, 11) is 0. The fourth-order valence-corrected chi connectivity index (χ4v) is 3.37. The molecule has 4 heteroatoms. The van der Waals surface area contributed by atoms with E-state index in [9.17, 15) is 4.79 Å². The van der Waals surface area contributed by atoms with Crippen LogP contribution in [0.4, 0.5) is 0 Å². The van der Waals surface area contributed by atoms with Gasteiger partial charge in [-0.2, -0.15) is 0 Å². The molecule has 0 saturated carbocycles. The normalized spacial score (nSPS) is 14.2. The Morgan fingerprint density at radius 3 is 2.90 bits per heavy atom. The zero-order valence-electron chi connectivity index (χ0n) is 11.6. The lowest BCUT2D eigenvalue weighted by molar-refractivity contribution is -0.132. The van der Waals surface area contributed by atoms with Crippen LogP contribution in [0.2, 0.25) is 0 Å². The minimum atomic E-state index is 0.243. The van der Waals surface area contributed by atoms with Crippen molar-refractivity contribution in [1.82, 2.24) is 9.88 Å². The summed E-state index contributed by atoms with van der Waals surface area (Å²) in [5.41, 5.74) is 3.72. The van der Waals surface area contributed by atoms with Crippen LogP contribution >= 0.6 is 11.3 Å². The summed E-state index contributed by atoms with van der Waals surface area (Å²) in [5, 5.41) is 3.10. The highest BCUT2D eigenvalue weighted by Crippen LogP contribution is 2.19. The Morgan fingerprint density at radius 1 is 1.35 bits per heavy atom. The summed E-state index contributed by atoms with van der Waals surface area (Å²) >= 11 is 1.64. The van der Waals surface area contributed by atoms with Gasteiger partial charge >= 0.3 is 0 Å². The number of carbonyl (C=O) groups is 1. The number of amides is 1. The van der Waals surface area contributed by atoms with Gasteiger partial charge in [0.2, 0.25) is 5.91 Å². The molecule has 0 atom stereocenters. The van der Waals surface area contributed by atoms with Crippen LogP contribution in [0.25, 0.3) is 0 Å². The molecule has 2 heterocycles. The summed E-state index contributed by atoms with van der Waals surface area (Å²) in [6.45, 7) is 3.59. The van der Waals surface area contributed by atoms with Crippen molar-refractivity contribution in [3.8, 4) is 0 Å². The monoisotopic (exact) mass is 286 g/mol. The number of hydrogen-bond donors (Lipinski definition) is 0. The van der Waals surface area contributed by atoms with Gasteiger partial charge in [0, 0.05) is 37.0 Å². The molecule has 0 unspecified atom stereocenters. The Morgan fingerprint density at radius 2 is 2.15 bits per heavy atom. The molecule has 1 aromatic carbocycles. The fraction of sp³-hybridized carbons (Fsp3) is 0.375. The maximum absolute atomic E-state index is 12.3. The molecule has 1 aromatic heterocycles. The van der Waals surface area contributed by atoms with Crippen molar-refractivity contribution in [2.75, 3.05) is 6.54 Å².